The molecule has 1 amide bonds. The Bertz CT molecular complexity index is 645. The summed E-state index contributed by atoms with van der Waals surface area (Å²) in [7, 11) is 0. The SMILES string of the molecule is CC(C)c1ccc(/C=N/NC(=O)c2ccccc2N)cc1. The molecule has 4 heteroatoms. The van der Waals surface area contributed by atoms with E-state index in [1.807, 2.05) is 12.1 Å². The van der Waals surface area contributed by atoms with Crippen LogP contribution >= 0.6 is 0 Å². The fraction of sp³-hybridized carbons (Fsp3) is 0.176. The van der Waals surface area contributed by atoms with Crippen LogP contribution in [0.25, 0.3) is 0 Å². The molecule has 0 fully saturated rings. The van der Waals surface area contributed by atoms with Crippen LogP contribution in [0.5, 0.6) is 0 Å². The molecule has 0 saturated heterocycles. The van der Waals surface area contributed by atoms with E-state index in [2.05, 4.69) is 36.5 Å². The van der Waals surface area contributed by atoms with Crippen molar-refractivity contribution in [3.8, 4) is 0 Å². The standard InChI is InChI=1S/C17H19N3O/c1-12(2)14-9-7-13(8-10-14)11-19-20-17(21)15-5-3-4-6-16(15)18/h3-12H,18H2,1-2H3,(H,20,21)/b19-11+. The molecule has 21 heavy (non-hydrogen) atoms. The maximum Gasteiger partial charge on any atom is 0.273 e. The van der Waals surface area contributed by atoms with E-state index in [1.165, 1.54) is 5.56 Å². The van der Waals surface area contributed by atoms with Crippen molar-refractivity contribution in [2.75, 3.05) is 5.73 Å². The molecular formula is C17H19N3O. The van der Waals surface area contributed by atoms with Crippen molar-refractivity contribution in [2.24, 2.45) is 5.10 Å². The summed E-state index contributed by atoms with van der Waals surface area (Å²) in [6.07, 6.45) is 1.61. The number of nitrogen functional groups attached to an aromatic ring is 1. The molecule has 3 N–H and O–H groups in total. The number of hydrogen-bond donors (Lipinski definition) is 2. The minimum atomic E-state index is -0.317. The van der Waals surface area contributed by atoms with Crippen LogP contribution in [-0.2, 0) is 0 Å². The number of amides is 1. The second-order valence-electron chi connectivity index (χ2n) is 5.11. The summed E-state index contributed by atoms with van der Waals surface area (Å²) in [5, 5.41) is 3.95. The summed E-state index contributed by atoms with van der Waals surface area (Å²) in [5.74, 6) is 0.180. The third kappa shape index (κ3) is 3.92. The van der Waals surface area contributed by atoms with Crippen LogP contribution in [0.15, 0.2) is 53.6 Å². The van der Waals surface area contributed by atoms with E-state index in [4.69, 9.17) is 5.73 Å². The molecule has 0 spiro atoms. The monoisotopic (exact) mass is 281 g/mol. The molecule has 4 nitrogen and oxygen atoms in total. The second kappa shape index (κ2) is 6.70. The van der Waals surface area contributed by atoms with Crippen LogP contribution < -0.4 is 11.2 Å². The van der Waals surface area contributed by atoms with Gasteiger partial charge in [-0.3, -0.25) is 4.79 Å². The molecule has 0 unspecified atom stereocenters. The van der Waals surface area contributed by atoms with Crippen LogP contribution in [0.4, 0.5) is 5.69 Å². The predicted molar refractivity (Wildman–Crippen MR) is 86.4 cm³/mol. The first-order valence-corrected chi connectivity index (χ1v) is 6.86. The van der Waals surface area contributed by atoms with Gasteiger partial charge >= 0.3 is 0 Å². The van der Waals surface area contributed by atoms with Gasteiger partial charge in [-0.1, -0.05) is 50.2 Å². The normalized spacial score (nSPS) is 11.0. The Hall–Kier alpha value is -2.62. The van der Waals surface area contributed by atoms with E-state index < -0.39 is 0 Å². The molecule has 0 aromatic heterocycles. The van der Waals surface area contributed by atoms with Crippen molar-refractivity contribution in [2.45, 2.75) is 19.8 Å². The third-order valence-electron chi connectivity index (χ3n) is 3.19. The van der Waals surface area contributed by atoms with Crippen LogP contribution in [-0.4, -0.2) is 12.1 Å². The van der Waals surface area contributed by atoms with E-state index in [1.54, 1.807) is 30.5 Å². The summed E-state index contributed by atoms with van der Waals surface area (Å²) in [5.41, 5.74) is 11.3. The van der Waals surface area contributed by atoms with Crippen molar-refractivity contribution in [3.63, 3.8) is 0 Å². The van der Waals surface area contributed by atoms with Crippen LogP contribution in [0.1, 0.15) is 41.3 Å². The van der Waals surface area contributed by atoms with Crippen molar-refractivity contribution >= 4 is 17.8 Å². The van der Waals surface area contributed by atoms with E-state index >= 15 is 0 Å². The van der Waals surface area contributed by atoms with Crippen LogP contribution in [0.2, 0.25) is 0 Å². The molecule has 0 radical (unpaired) electrons. The first-order valence-electron chi connectivity index (χ1n) is 6.86. The number of carbonyl (C=O) groups excluding carboxylic acids is 1. The number of benzene rings is 2. The Morgan fingerprint density at radius 1 is 1.14 bits per heavy atom. The fourth-order valence-electron chi connectivity index (χ4n) is 1.90. The summed E-state index contributed by atoms with van der Waals surface area (Å²) in [6, 6.07) is 15.0. The summed E-state index contributed by atoms with van der Waals surface area (Å²) >= 11 is 0. The molecule has 0 aliphatic carbocycles. The first kappa shape index (κ1) is 14.8. The van der Waals surface area contributed by atoms with E-state index in [-0.39, 0.29) is 5.91 Å². The number of hydrazone groups is 1. The van der Waals surface area contributed by atoms with Crippen molar-refractivity contribution in [1.29, 1.82) is 0 Å². The Balaban J connectivity index is 1.99. The van der Waals surface area contributed by atoms with Gasteiger partial charge in [-0.25, -0.2) is 5.43 Å². The lowest BCUT2D eigenvalue weighted by atomic mass is 10.0. The zero-order chi connectivity index (χ0) is 15.2. The minimum Gasteiger partial charge on any atom is -0.398 e. The number of nitrogens with one attached hydrogen (secondary N) is 1. The van der Waals surface area contributed by atoms with Crippen LogP contribution in [0, 0.1) is 0 Å². The molecular weight excluding hydrogens is 262 g/mol. The van der Waals surface area contributed by atoms with Gasteiger partial charge in [0.2, 0.25) is 0 Å². The smallest absolute Gasteiger partial charge is 0.273 e. The van der Waals surface area contributed by atoms with Crippen molar-refractivity contribution < 1.29 is 4.79 Å². The highest BCUT2D eigenvalue weighted by Crippen LogP contribution is 2.14. The van der Waals surface area contributed by atoms with E-state index in [0.717, 1.165) is 5.56 Å². The van der Waals surface area contributed by atoms with Gasteiger partial charge in [-0.15, -0.1) is 0 Å². The average Bonchev–Trinajstić information content (AvgIpc) is 2.48. The van der Waals surface area contributed by atoms with Gasteiger partial charge in [-0.05, 0) is 29.2 Å². The third-order valence-corrected chi connectivity index (χ3v) is 3.19. The summed E-state index contributed by atoms with van der Waals surface area (Å²) < 4.78 is 0. The van der Waals surface area contributed by atoms with Crippen molar-refractivity contribution in [1.82, 2.24) is 5.43 Å². The number of carbonyl (C=O) groups is 1. The highest BCUT2D eigenvalue weighted by molar-refractivity contribution is 5.99. The fourth-order valence-corrected chi connectivity index (χ4v) is 1.90. The topological polar surface area (TPSA) is 67.5 Å². The molecule has 2 rings (SSSR count). The van der Waals surface area contributed by atoms with Gasteiger partial charge in [0.25, 0.3) is 5.91 Å². The Kier molecular flexibility index (Phi) is 4.72. The Labute approximate surface area is 124 Å². The molecule has 0 atom stereocenters. The van der Waals surface area contributed by atoms with Crippen LogP contribution in [0.3, 0.4) is 0 Å². The van der Waals surface area contributed by atoms with Gasteiger partial charge in [0.15, 0.2) is 0 Å². The zero-order valence-corrected chi connectivity index (χ0v) is 12.2. The Morgan fingerprint density at radius 3 is 2.43 bits per heavy atom. The number of hydrogen-bond acceptors (Lipinski definition) is 3. The van der Waals surface area contributed by atoms with Gasteiger partial charge in [0.1, 0.15) is 0 Å². The lowest BCUT2D eigenvalue weighted by Crippen LogP contribution is -2.18. The molecule has 0 heterocycles. The van der Waals surface area contributed by atoms with Gasteiger partial charge < -0.3 is 5.73 Å². The molecule has 2 aromatic rings. The summed E-state index contributed by atoms with van der Waals surface area (Å²) in [4.78, 5) is 11.9. The number of anilines is 1. The van der Waals surface area contributed by atoms with Gasteiger partial charge in [0, 0.05) is 5.69 Å². The highest BCUT2D eigenvalue weighted by Gasteiger charge is 2.06. The quantitative estimate of drug-likeness (QED) is 0.513. The largest absolute Gasteiger partial charge is 0.398 e. The minimum absolute atomic E-state index is 0.317. The zero-order valence-electron chi connectivity index (χ0n) is 12.2. The maximum atomic E-state index is 11.9. The second-order valence-corrected chi connectivity index (χ2v) is 5.11. The van der Waals surface area contributed by atoms with E-state index in [0.29, 0.717) is 17.2 Å². The first-order chi connectivity index (χ1) is 10.1. The number of rotatable bonds is 4. The van der Waals surface area contributed by atoms with Gasteiger partial charge in [0.05, 0.1) is 11.8 Å². The van der Waals surface area contributed by atoms with Gasteiger partial charge in [-0.2, -0.15) is 5.10 Å². The molecule has 0 aliphatic heterocycles. The van der Waals surface area contributed by atoms with Crippen molar-refractivity contribution in [3.05, 3.63) is 65.2 Å². The number of nitrogens with two attached hydrogens (primary N) is 1. The number of para-hydroxylation sites is 1. The molecule has 0 bridgehead atoms. The Morgan fingerprint density at radius 2 is 1.81 bits per heavy atom. The molecule has 0 saturated carbocycles. The lowest BCUT2D eigenvalue weighted by Gasteiger charge is -2.05. The molecule has 108 valence electrons. The lowest BCUT2D eigenvalue weighted by molar-refractivity contribution is 0.0956. The highest BCUT2D eigenvalue weighted by atomic mass is 16.2. The number of nitrogens with zero attached hydrogens (tertiary/aromatic N) is 1. The predicted octanol–water partition coefficient (Wildman–Crippen LogP) is 3.16. The average molecular weight is 281 g/mol. The summed E-state index contributed by atoms with van der Waals surface area (Å²) in [6.45, 7) is 4.29. The molecule has 2 aromatic carbocycles. The maximum absolute atomic E-state index is 11.9. The van der Waals surface area contributed by atoms with E-state index in [9.17, 15) is 4.79 Å². The molecule has 0 aliphatic rings.